The highest BCUT2D eigenvalue weighted by Crippen LogP contribution is 2.22. The van der Waals surface area contributed by atoms with Crippen LogP contribution in [0.3, 0.4) is 0 Å². The second-order valence-corrected chi connectivity index (χ2v) is 4.28. The molecule has 1 unspecified atom stereocenters. The largest absolute Gasteiger partial charge is 0.480 e. The number of likely N-dealkylation sites (tertiary alicyclic amines) is 1. The molecule has 0 saturated carbocycles. The van der Waals surface area contributed by atoms with E-state index in [1.54, 1.807) is 31.2 Å². The summed E-state index contributed by atoms with van der Waals surface area (Å²) in [4.78, 5) is 35.8. The van der Waals surface area contributed by atoms with Crippen molar-refractivity contribution in [3.8, 4) is 0 Å². The quantitative estimate of drug-likeness (QED) is 0.797. The van der Waals surface area contributed by atoms with Crippen LogP contribution in [0.15, 0.2) is 24.3 Å². The van der Waals surface area contributed by atoms with E-state index in [4.69, 9.17) is 5.11 Å². The molecular weight excluding hydrogens is 234 g/mol. The lowest BCUT2D eigenvalue weighted by Crippen LogP contribution is -2.43. The van der Waals surface area contributed by atoms with Gasteiger partial charge in [-0.3, -0.25) is 14.5 Å². The summed E-state index contributed by atoms with van der Waals surface area (Å²) in [7, 11) is 0. The van der Waals surface area contributed by atoms with Crippen LogP contribution in [0.2, 0.25) is 0 Å². The lowest BCUT2D eigenvalue weighted by atomic mass is 10.1. The van der Waals surface area contributed by atoms with Gasteiger partial charge in [0.05, 0.1) is 0 Å². The number of aliphatic carboxylic acids is 1. The Bertz CT molecular complexity index is 523. The van der Waals surface area contributed by atoms with E-state index in [2.05, 4.69) is 0 Å². The molecule has 1 atom stereocenters. The fraction of sp³-hybridized carbons (Fsp3) is 0.308. The normalized spacial score (nSPS) is 19.1. The first-order valence-electron chi connectivity index (χ1n) is 5.67. The smallest absolute Gasteiger partial charge is 0.326 e. The van der Waals surface area contributed by atoms with Gasteiger partial charge in [-0.25, -0.2) is 4.79 Å². The molecule has 0 radical (unpaired) electrons. The highest BCUT2D eigenvalue weighted by atomic mass is 16.4. The molecule has 1 heterocycles. The molecule has 5 heteroatoms. The lowest BCUT2D eigenvalue weighted by molar-refractivity contribution is -0.144. The van der Waals surface area contributed by atoms with Crippen LogP contribution in [0.5, 0.6) is 0 Å². The van der Waals surface area contributed by atoms with Crippen molar-refractivity contribution in [1.82, 2.24) is 4.90 Å². The third kappa shape index (κ3) is 1.99. The number of carboxylic acid groups (broad SMARTS) is 1. The second kappa shape index (κ2) is 4.60. The molecule has 0 aromatic heterocycles. The number of hydrogen-bond donors (Lipinski definition) is 1. The van der Waals surface area contributed by atoms with Gasteiger partial charge >= 0.3 is 5.97 Å². The molecule has 1 saturated heterocycles. The van der Waals surface area contributed by atoms with E-state index in [-0.39, 0.29) is 12.8 Å². The molecule has 1 fully saturated rings. The van der Waals surface area contributed by atoms with E-state index >= 15 is 0 Å². The van der Waals surface area contributed by atoms with Crippen LogP contribution in [0.25, 0.3) is 0 Å². The van der Waals surface area contributed by atoms with E-state index in [9.17, 15) is 14.4 Å². The average molecular weight is 247 g/mol. The van der Waals surface area contributed by atoms with Gasteiger partial charge < -0.3 is 5.11 Å². The van der Waals surface area contributed by atoms with Gasteiger partial charge in [0, 0.05) is 12.0 Å². The highest BCUT2D eigenvalue weighted by Gasteiger charge is 2.40. The molecule has 1 aromatic carbocycles. The predicted octanol–water partition coefficient (Wildman–Crippen LogP) is 1.21. The minimum absolute atomic E-state index is 0.106. The molecule has 0 bridgehead atoms. The van der Waals surface area contributed by atoms with Crippen molar-refractivity contribution in [2.45, 2.75) is 25.8 Å². The van der Waals surface area contributed by atoms with Gasteiger partial charge in [-0.2, -0.15) is 0 Å². The molecular formula is C13H13NO4. The van der Waals surface area contributed by atoms with Crippen LogP contribution in [0.1, 0.15) is 28.8 Å². The Hall–Kier alpha value is -2.17. The van der Waals surface area contributed by atoms with Crippen LogP contribution in [-0.4, -0.2) is 33.8 Å². The maximum absolute atomic E-state index is 12.2. The van der Waals surface area contributed by atoms with Crippen molar-refractivity contribution in [2.75, 3.05) is 0 Å². The second-order valence-electron chi connectivity index (χ2n) is 4.28. The average Bonchev–Trinajstić information content (AvgIpc) is 2.71. The molecule has 0 aliphatic carbocycles. The van der Waals surface area contributed by atoms with Crippen molar-refractivity contribution in [3.63, 3.8) is 0 Å². The summed E-state index contributed by atoms with van der Waals surface area (Å²) in [5.41, 5.74) is 1.10. The number of hydrogen-bond acceptors (Lipinski definition) is 3. The van der Waals surface area contributed by atoms with E-state index in [0.29, 0.717) is 5.56 Å². The molecule has 1 N–H and O–H groups in total. The van der Waals surface area contributed by atoms with Crippen LogP contribution < -0.4 is 0 Å². The number of aryl methyl sites for hydroxylation is 1. The van der Waals surface area contributed by atoms with Gasteiger partial charge in [0.25, 0.3) is 5.91 Å². The topological polar surface area (TPSA) is 74.7 Å². The van der Waals surface area contributed by atoms with Crippen molar-refractivity contribution < 1.29 is 19.5 Å². The predicted molar refractivity (Wildman–Crippen MR) is 63.0 cm³/mol. The van der Waals surface area contributed by atoms with E-state index in [1.807, 2.05) is 0 Å². The van der Waals surface area contributed by atoms with Crippen molar-refractivity contribution in [1.29, 1.82) is 0 Å². The van der Waals surface area contributed by atoms with E-state index in [0.717, 1.165) is 10.5 Å². The Kier molecular flexibility index (Phi) is 3.14. The number of carboxylic acids is 1. The van der Waals surface area contributed by atoms with Gasteiger partial charge in [0.2, 0.25) is 5.91 Å². The fourth-order valence-corrected chi connectivity index (χ4v) is 2.11. The minimum atomic E-state index is -1.14. The van der Waals surface area contributed by atoms with E-state index in [1.165, 1.54) is 0 Å². The fourth-order valence-electron chi connectivity index (χ4n) is 2.11. The Balaban J connectivity index is 2.36. The monoisotopic (exact) mass is 247 g/mol. The number of amides is 2. The third-order valence-electron chi connectivity index (χ3n) is 3.09. The Labute approximate surface area is 104 Å². The summed E-state index contributed by atoms with van der Waals surface area (Å²) in [6, 6.07) is 5.79. The number of carbonyl (C=O) groups excluding carboxylic acids is 2. The van der Waals surface area contributed by atoms with Gasteiger partial charge in [-0.05, 0) is 25.0 Å². The first kappa shape index (κ1) is 12.3. The molecule has 1 aliphatic rings. The standard InChI is InChI=1S/C13H13NO4/c1-8-4-2-3-5-9(8)12(16)14-10(13(17)18)6-7-11(14)15/h2-5,10H,6-7H2,1H3,(H,17,18). The zero-order chi connectivity index (χ0) is 13.3. The summed E-state index contributed by atoms with van der Waals surface area (Å²) >= 11 is 0. The molecule has 94 valence electrons. The summed E-state index contributed by atoms with van der Waals surface area (Å²) in [5, 5.41) is 9.02. The maximum Gasteiger partial charge on any atom is 0.326 e. The molecule has 1 aliphatic heterocycles. The number of rotatable bonds is 2. The van der Waals surface area contributed by atoms with Crippen LogP contribution in [-0.2, 0) is 9.59 Å². The van der Waals surface area contributed by atoms with Gasteiger partial charge in [-0.1, -0.05) is 18.2 Å². The molecule has 5 nitrogen and oxygen atoms in total. The molecule has 2 rings (SSSR count). The zero-order valence-corrected chi connectivity index (χ0v) is 9.92. The van der Waals surface area contributed by atoms with Gasteiger partial charge in [0.1, 0.15) is 6.04 Å². The first-order valence-corrected chi connectivity index (χ1v) is 5.67. The SMILES string of the molecule is Cc1ccccc1C(=O)N1C(=O)CCC1C(=O)O. The summed E-state index contributed by atoms with van der Waals surface area (Å²) in [6.45, 7) is 1.75. The minimum Gasteiger partial charge on any atom is -0.480 e. The Morgan fingerprint density at radius 2 is 2.00 bits per heavy atom. The number of imide groups is 1. The molecule has 18 heavy (non-hydrogen) atoms. The van der Waals surface area contributed by atoms with Crippen LogP contribution in [0.4, 0.5) is 0 Å². The summed E-state index contributed by atoms with van der Waals surface area (Å²) in [5.74, 6) is -2.08. The van der Waals surface area contributed by atoms with E-state index < -0.39 is 23.8 Å². The Morgan fingerprint density at radius 1 is 1.33 bits per heavy atom. The van der Waals surface area contributed by atoms with Crippen LogP contribution in [0, 0.1) is 6.92 Å². The van der Waals surface area contributed by atoms with Gasteiger partial charge in [0.15, 0.2) is 0 Å². The zero-order valence-electron chi connectivity index (χ0n) is 9.92. The van der Waals surface area contributed by atoms with Crippen LogP contribution >= 0.6 is 0 Å². The lowest BCUT2D eigenvalue weighted by Gasteiger charge is -2.20. The summed E-state index contributed by atoms with van der Waals surface area (Å²) in [6.07, 6.45) is 0.292. The molecule has 2 amide bonds. The first-order chi connectivity index (χ1) is 8.52. The van der Waals surface area contributed by atoms with Crippen molar-refractivity contribution >= 4 is 17.8 Å². The number of nitrogens with zero attached hydrogens (tertiary/aromatic N) is 1. The van der Waals surface area contributed by atoms with Gasteiger partial charge in [-0.15, -0.1) is 0 Å². The highest BCUT2D eigenvalue weighted by molar-refractivity contribution is 6.09. The van der Waals surface area contributed by atoms with Crippen molar-refractivity contribution in [3.05, 3.63) is 35.4 Å². The number of benzene rings is 1. The van der Waals surface area contributed by atoms with Crippen molar-refractivity contribution in [2.24, 2.45) is 0 Å². The maximum atomic E-state index is 12.2. The summed E-state index contributed by atoms with van der Waals surface area (Å²) < 4.78 is 0. The Morgan fingerprint density at radius 3 is 2.61 bits per heavy atom. The third-order valence-corrected chi connectivity index (χ3v) is 3.09. The molecule has 0 spiro atoms. The molecule has 1 aromatic rings. The number of carbonyl (C=O) groups is 3.